The van der Waals surface area contributed by atoms with Crippen molar-refractivity contribution in [3.05, 3.63) is 41.4 Å². The number of sulfone groups is 1. The molecule has 1 unspecified atom stereocenters. The van der Waals surface area contributed by atoms with Gasteiger partial charge in [-0.1, -0.05) is 18.2 Å². The van der Waals surface area contributed by atoms with Crippen LogP contribution in [0.5, 0.6) is 0 Å². The van der Waals surface area contributed by atoms with Gasteiger partial charge in [0.15, 0.2) is 9.84 Å². The summed E-state index contributed by atoms with van der Waals surface area (Å²) in [6.45, 7) is 3.40. The number of hydrogen-bond acceptors (Lipinski definition) is 3. The lowest BCUT2D eigenvalue weighted by molar-refractivity contribution is -0.126. The molecular formula is C12H12ClNO3S. The standard InChI is InChI=1S/C12H12ClNO3S/c1-3-12(15)14(2)10-7-18(16,17)11-5-4-8(13)6-9(10)11/h3-6,10H,1,7H2,2H3. The number of carbonyl (C=O) groups is 1. The van der Waals surface area contributed by atoms with Crippen LogP contribution in [0.15, 0.2) is 35.7 Å². The predicted molar refractivity (Wildman–Crippen MR) is 69.2 cm³/mol. The van der Waals surface area contributed by atoms with Gasteiger partial charge in [-0.25, -0.2) is 8.42 Å². The van der Waals surface area contributed by atoms with Crippen molar-refractivity contribution in [2.45, 2.75) is 10.9 Å². The monoisotopic (exact) mass is 285 g/mol. The molecule has 0 aliphatic carbocycles. The Morgan fingerprint density at radius 3 is 2.83 bits per heavy atom. The van der Waals surface area contributed by atoms with Gasteiger partial charge in [-0.15, -0.1) is 0 Å². The zero-order valence-corrected chi connectivity index (χ0v) is 11.3. The number of rotatable bonds is 2. The van der Waals surface area contributed by atoms with Gasteiger partial charge in [0.05, 0.1) is 16.7 Å². The van der Waals surface area contributed by atoms with E-state index in [-0.39, 0.29) is 16.6 Å². The van der Waals surface area contributed by atoms with Crippen LogP contribution in [0.25, 0.3) is 0 Å². The van der Waals surface area contributed by atoms with Crippen LogP contribution in [-0.2, 0) is 14.6 Å². The van der Waals surface area contributed by atoms with Gasteiger partial charge in [-0.2, -0.15) is 0 Å². The predicted octanol–water partition coefficient (Wildman–Crippen LogP) is 1.81. The fourth-order valence-electron chi connectivity index (χ4n) is 2.07. The van der Waals surface area contributed by atoms with Gasteiger partial charge in [-0.05, 0) is 29.8 Å². The van der Waals surface area contributed by atoms with E-state index in [1.165, 1.54) is 17.0 Å². The fraction of sp³-hybridized carbons (Fsp3) is 0.250. The minimum atomic E-state index is -3.35. The molecule has 0 bridgehead atoms. The van der Waals surface area contributed by atoms with Crippen LogP contribution in [0.2, 0.25) is 5.02 Å². The van der Waals surface area contributed by atoms with Crippen molar-refractivity contribution in [2.75, 3.05) is 12.8 Å². The molecule has 0 saturated carbocycles. The van der Waals surface area contributed by atoms with Crippen LogP contribution < -0.4 is 0 Å². The van der Waals surface area contributed by atoms with Crippen molar-refractivity contribution in [1.82, 2.24) is 4.90 Å². The zero-order valence-electron chi connectivity index (χ0n) is 9.76. The van der Waals surface area contributed by atoms with Crippen LogP contribution in [0.3, 0.4) is 0 Å². The summed E-state index contributed by atoms with van der Waals surface area (Å²) in [5.74, 6) is -0.429. The van der Waals surface area contributed by atoms with Crippen LogP contribution in [0.1, 0.15) is 11.6 Å². The summed E-state index contributed by atoms with van der Waals surface area (Å²) in [6, 6.07) is 4.11. The Morgan fingerprint density at radius 1 is 1.56 bits per heavy atom. The molecule has 1 aliphatic heterocycles. The summed E-state index contributed by atoms with van der Waals surface area (Å²) in [5.41, 5.74) is 0.570. The van der Waals surface area contributed by atoms with Crippen LogP contribution in [0, 0.1) is 0 Å². The van der Waals surface area contributed by atoms with Gasteiger partial charge in [0.25, 0.3) is 0 Å². The highest BCUT2D eigenvalue weighted by Gasteiger charge is 2.38. The molecule has 4 nitrogen and oxygen atoms in total. The van der Waals surface area contributed by atoms with E-state index in [9.17, 15) is 13.2 Å². The Bertz CT molecular complexity index is 624. The second kappa shape index (κ2) is 4.40. The Morgan fingerprint density at radius 2 is 2.22 bits per heavy atom. The van der Waals surface area contributed by atoms with Crippen molar-refractivity contribution in [1.29, 1.82) is 0 Å². The topological polar surface area (TPSA) is 54.5 Å². The largest absolute Gasteiger partial charge is 0.334 e. The van der Waals surface area contributed by atoms with Gasteiger partial charge < -0.3 is 4.90 Å². The molecule has 2 rings (SSSR count). The first-order valence-electron chi connectivity index (χ1n) is 5.28. The number of halogens is 1. The lowest BCUT2D eigenvalue weighted by Gasteiger charge is -2.23. The number of amides is 1. The molecule has 0 fully saturated rings. The molecule has 1 heterocycles. The minimum Gasteiger partial charge on any atom is -0.334 e. The normalized spacial score (nSPS) is 20.2. The maximum absolute atomic E-state index is 12.0. The van der Waals surface area contributed by atoms with Crippen molar-refractivity contribution in [3.8, 4) is 0 Å². The van der Waals surface area contributed by atoms with E-state index < -0.39 is 15.9 Å². The molecular weight excluding hydrogens is 274 g/mol. The summed E-state index contributed by atoms with van der Waals surface area (Å²) in [7, 11) is -1.79. The van der Waals surface area contributed by atoms with E-state index >= 15 is 0 Å². The maximum atomic E-state index is 12.0. The number of fused-ring (bicyclic) bond motifs is 1. The second-order valence-corrected chi connectivity index (χ2v) is 6.57. The maximum Gasteiger partial charge on any atom is 0.246 e. The zero-order chi connectivity index (χ0) is 13.5. The minimum absolute atomic E-state index is 0.112. The lowest BCUT2D eigenvalue weighted by Crippen LogP contribution is -2.30. The van der Waals surface area contributed by atoms with Crippen molar-refractivity contribution >= 4 is 27.3 Å². The highest BCUT2D eigenvalue weighted by atomic mass is 35.5. The Balaban J connectivity index is 2.53. The number of likely N-dealkylation sites (N-methyl/N-ethyl adjacent to an activating group) is 1. The molecule has 0 spiro atoms. The molecule has 6 heteroatoms. The molecule has 1 aromatic rings. The van der Waals surface area contributed by atoms with Gasteiger partial charge in [0.2, 0.25) is 5.91 Å². The Hall–Kier alpha value is -1.33. The van der Waals surface area contributed by atoms with Crippen LogP contribution >= 0.6 is 11.6 Å². The molecule has 0 aromatic heterocycles. The smallest absolute Gasteiger partial charge is 0.246 e. The van der Waals surface area contributed by atoms with Gasteiger partial charge >= 0.3 is 0 Å². The number of hydrogen-bond donors (Lipinski definition) is 0. The highest BCUT2D eigenvalue weighted by molar-refractivity contribution is 7.91. The molecule has 0 N–H and O–H groups in total. The van der Waals surface area contributed by atoms with Crippen molar-refractivity contribution in [3.63, 3.8) is 0 Å². The van der Waals surface area contributed by atoms with E-state index in [0.717, 1.165) is 6.08 Å². The number of benzene rings is 1. The highest BCUT2D eigenvalue weighted by Crippen LogP contribution is 2.38. The van der Waals surface area contributed by atoms with E-state index in [4.69, 9.17) is 11.6 Å². The molecule has 1 aliphatic rings. The molecule has 0 saturated heterocycles. The van der Waals surface area contributed by atoms with Crippen molar-refractivity contribution < 1.29 is 13.2 Å². The van der Waals surface area contributed by atoms with E-state index in [1.54, 1.807) is 13.1 Å². The third-order valence-electron chi connectivity index (χ3n) is 3.03. The SMILES string of the molecule is C=CC(=O)N(C)C1CS(=O)(=O)c2ccc(Cl)cc21. The van der Waals surface area contributed by atoms with E-state index in [2.05, 4.69) is 6.58 Å². The van der Waals surface area contributed by atoms with Crippen LogP contribution in [0.4, 0.5) is 0 Å². The van der Waals surface area contributed by atoms with Gasteiger partial charge in [0, 0.05) is 12.1 Å². The summed E-state index contributed by atoms with van der Waals surface area (Å²) in [6.07, 6.45) is 1.16. The third-order valence-corrected chi connectivity index (χ3v) is 5.06. The summed E-state index contributed by atoms with van der Waals surface area (Å²) >= 11 is 5.88. The molecule has 1 amide bonds. The van der Waals surface area contributed by atoms with Gasteiger partial charge in [0.1, 0.15) is 0 Å². The summed E-state index contributed by atoms with van der Waals surface area (Å²) in [4.78, 5) is 13.2. The van der Waals surface area contributed by atoms with Crippen LogP contribution in [-0.4, -0.2) is 32.0 Å². The average Bonchev–Trinajstić information content (AvgIpc) is 2.59. The molecule has 18 heavy (non-hydrogen) atoms. The quantitative estimate of drug-likeness (QED) is 0.779. The fourth-order valence-corrected chi connectivity index (χ4v) is 4.08. The van der Waals surface area contributed by atoms with E-state index in [0.29, 0.717) is 10.6 Å². The van der Waals surface area contributed by atoms with Gasteiger partial charge in [-0.3, -0.25) is 4.79 Å². The second-order valence-electron chi connectivity index (χ2n) is 4.13. The Kier molecular flexibility index (Phi) is 3.21. The number of carbonyl (C=O) groups excluding carboxylic acids is 1. The summed E-state index contributed by atoms with van der Waals surface area (Å²) in [5, 5.41) is 0.454. The number of nitrogens with zero attached hydrogens (tertiary/aromatic N) is 1. The molecule has 1 atom stereocenters. The third kappa shape index (κ3) is 2.04. The molecule has 1 aromatic carbocycles. The first kappa shape index (κ1) is 13.1. The average molecular weight is 286 g/mol. The first-order chi connectivity index (χ1) is 8.36. The molecule has 0 radical (unpaired) electrons. The Labute approximate surface area is 111 Å². The summed E-state index contributed by atoms with van der Waals surface area (Å²) < 4.78 is 24.0. The first-order valence-corrected chi connectivity index (χ1v) is 7.31. The van der Waals surface area contributed by atoms with E-state index in [1.807, 2.05) is 0 Å². The molecule has 96 valence electrons. The lowest BCUT2D eigenvalue weighted by atomic mass is 10.1. The van der Waals surface area contributed by atoms with Crippen molar-refractivity contribution in [2.24, 2.45) is 0 Å².